The Kier molecular flexibility index (Phi) is 4.59. The van der Waals surface area contributed by atoms with Crippen molar-refractivity contribution in [2.75, 3.05) is 19.0 Å². The Balaban J connectivity index is 1.84. The number of ether oxygens (including phenoxy) is 1. The normalized spacial score (nSPS) is 11.5. The maximum Gasteiger partial charge on any atom is 0.243 e. The number of methoxy groups -OCH3 is 1. The van der Waals surface area contributed by atoms with Gasteiger partial charge in [0, 0.05) is 22.3 Å². The molecular formula is C20H22N2O4. The third kappa shape index (κ3) is 3.49. The van der Waals surface area contributed by atoms with Crippen LogP contribution in [0.5, 0.6) is 5.75 Å². The van der Waals surface area contributed by atoms with E-state index in [-0.39, 0.29) is 18.4 Å². The summed E-state index contributed by atoms with van der Waals surface area (Å²) in [6.07, 6.45) is 0. The molecule has 0 aliphatic carbocycles. The van der Waals surface area contributed by atoms with E-state index in [0.29, 0.717) is 17.0 Å². The van der Waals surface area contributed by atoms with E-state index in [1.54, 1.807) is 33.9 Å². The lowest BCUT2D eigenvalue weighted by Crippen LogP contribution is -2.39. The maximum atomic E-state index is 12.2. The minimum Gasteiger partial charge on any atom is -0.495 e. The molecule has 0 spiro atoms. The van der Waals surface area contributed by atoms with Crippen molar-refractivity contribution in [2.45, 2.75) is 20.8 Å². The molecule has 0 unspecified atom stereocenters. The number of furan rings is 1. The summed E-state index contributed by atoms with van der Waals surface area (Å²) < 4.78 is 11.2. The van der Waals surface area contributed by atoms with Gasteiger partial charge in [0.05, 0.1) is 19.3 Å². The van der Waals surface area contributed by atoms with Crippen LogP contribution in [0.1, 0.15) is 20.8 Å². The van der Waals surface area contributed by atoms with Crippen LogP contribution in [0.2, 0.25) is 0 Å². The maximum absolute atomic E-state index is 12.2. The van der Waals surface area contributed by atoms with Gasteiger partial charge in [-0.2, -0.15) is 0 Å². The van der Waals surface area contributed by atoms with Crippen LogP contribution in [0, 0.1) is 5.41 Å². The van der Waals surface area contributed by atoms with E-state index in [1.807, 2.05) is 30.3 Å². The van der Waals surface area contributed by atoms with Crippen LogP contribution in [0.4, 0.5) is 5.69 Å². The number of rotatable bonds is 4. The fraction of sp³-hybridized carbons (Fsp3) is 0.300. The van der Waals surface area contributed by atoms with Gasteiger partial charge >= 0.3 is 0 Å². The highest BCUT2D eigenvalue weighted by Crippen LogP contribution is 2.36. The monoisotopic (exact) mass is 354 g/mol. The van der Waals surface area contributed by atoms with E-state index in [2.05, 4.69) is 10.6 Å². The third-order valence-electron chi connectivity index (χ3n) is 4.06. The standard InChI is InChI=1S/C20H22N2O4/c1-20(2,3)19(24)21-11-18(23)22-14-10-16-13(9-17(14)25-4)12-7-5-6-8-15(12)26-16/h5-10H,11H2,1-4H3,(H,21,24)(H,22,23). The van der Waals surface area contributed by atoms with Crippen LogP contribution in [0.3, 0.4) is 0 Å². The van der Waals surface area contributed by atoms with E-state index in [1.165, 1.54) is 0 Å². The van der Waals surface area contributed by atoms with Gasteiger partial charge in [0.15, 0.2) is 0 Å². The lowest BCUT2D eigenvalue weighted by molar-refractivity contribution is -0.130. The van der Waals surface area contributed by atoms with Crippen LogP contribution in [-0.4, -0.2) is 25.5 Å². The minimum atomic E-state index is -0.550. The fourth-order valence-electron chi connectivity index (χ4n) is 2.64. The number of nitrogens with one attached hydrogen (secondary N) is 2. The second kappa shape index (κ2) is 6.71. The number of benzene rings is 2. The van der Waals surface area contributed by atoms with Gasteiger partial charge in [-0.3, -0.25) is 9.59 Å². The zero-order valence-corrected chi connectivity index (χ0v) is 15.3. The van der Waals surface area contributed by atoms with Crippen molar-refractivity contribution < 1.29 is 18.7 Å². The van der Waals surface area contributed by atoms with Crippen molar-refractivity contribution in [3.8, 4) is 5.75 Å². The van der Waals surface area contributed by atoms with Crippen LogP contribution < -0.4 is 15.4 Å². The fourth-order valence-corrected chi connectivity index (χ4v) is 2.64. The topological polar surface area (TPSA) is 80.6 Å². The van der Waals surface area contributed by atoms with Crippen molar-refractivity contribution in [1.29, 1.82) is 0 Å². The Labute approximate surface area is 151 Å². The first kappa shape index (κ1) is 17.8. The Morgan fingerprint density at radius 2 is 1.81 bits per heavy atom. The predicted molar refractivity (Wildman–Crippen MR) is 101 cm³/mol. The molecule has 136 valence electrons. The molecule has 3 aromatic rings. The van der Waals surface area contributed by atoms with Crippen molar-refractivity contribution >= 4 is 39.4 Å². The number of anilines is 1. The average molecular weight is 354 g/mol. The molecule has 0 fully saturated rings. The average Bonchev–Trinajstić information content (AvgIpc) is 2.95. The first-order valence-corrected chi connectivity index (χ1v) is 8.37. The van der Waals surface area contributed by atoms with E-state index >= 15 is 0 Å². The van der Waals surface area contributed by atoms with E-state index in [4.69, 9.17) is 9.15 Å². The number of hydrogen-bond acceptors (Lipinski definition) is 4. The number of hydrogen-bond donors (Lipinski definition) is 2. The highest BCUT2D eigenvalue weighted by molar-refractivity contribution is 6.08. The number of amides is 2. The summed E-state index contributed by atoms with van der Waals surface area (Å²) in [5.41, 5.74) is 1.37. The highest BCUT2D eigenvalue weighted by Gasteiger charge is 2.21. The Morgan fingerprint density at radius 1 is 1.08 bits per heavy atom. The number of carbonyl (C=O) groups excluding carboxylic acids is 2. The highest BCUT2D eigenvalue weighted by atomic mass is 16.5. The van der Waals surface area contributed by atoms with Crippen molar-refractivity contribution in [1.82, 2.24) is 5.32 Å². The SMILES string of the molecule is COc1cc2c(cc1NC(=O)CNC(=O)C(C)(C)C)oc1ccccc12. The molecule has 1 heterocycles. The molecule has 6 heteroatoms. The number of para-hydroxylation sites is 1. The molecule has 0 atom stereocenters. The molecule has 0 radical (unpaired) electrons. The van der Waals surface area contributed by atoms with Gasteiger partial charge in [0.2, 0.25) is 11.8 Å². The second-order valence-corrected chi connectivity index (χ2v) is 7.13. The van der Waals surface area contributed by atoms with Gasteiger partial charge in [-0.15, -0.1) is 0 Å². The van der Waals surface area contributed by atoms with Gasteiger partial charge in [0.1, 0.15) is 16.9 Å². The molecule has 26 heavy (non-hydrogen) atoms. The summed E-state index contributed by atoms with van der Waals surface area (Å²) in [6.45, 7) is 5.26. The smallest absolute Gasteiger partial charge is 0.243 e. The van der Waals surface area contributed by atoms with E-state index in [0.717, 1.165) is 16.4 Å². The quantitative estimate of drug-likeness (QED) is 0.749. The molecule has 0 aliphatic heterocycles. The van der Waals surface area contributed by atoms with Crippen LogP contribution in [0.25, 0.3) is 21.9 Å². The molecule has 0 bridgehead atoms. The van der Waals surface area contributed by atoms with Crippen LogP contribution >= 0.6 is 0 Å². The van der Waals surface area contributed by atoms with Gasteiger partial charge < -0.3 is 19.8 Å². The molecular weight excluding hydrogens is 332 g/mol. The third-order valence-corrected chi connectivity index (χ3v) is 4.06. The van der Waals surface area contributed by atoms with E-state index < -0.39 is 5.41 Å². The molecule has 2 N–H and O–H groups in total. The summed E-state index contributed by atoms with van der Waals surface area (Å²) in [6, 6.07) is 11.3. The van der Waals surface area contributed by atoms with Gasteiger partial charge in [-0.05, 0) is 12.1 Å². The van der Waals surface area contributed by atoms with Crippen LogP contribution in [-0.2, 0) is 9.59 Å². The first-order valence-electron chi connectivity index (χ1n) is 8.37. The summed E-state index contributed by atoms with van der Waals surface area (Å²) in [5.74, 6) is 0.00302. The zero-order chi connectivity index (χ0) is 18.9. The van der Waals surface area contributed by atoms with Crippen LogP contribution in [0.15, 0.2) is 40.8 Å². The molecule has 0 saturated carbocycles. The first-order chi connectivity index (χ1) is 12.3. The molecule has 0 aliphatic rings. The molecule has 6 nitrogen and oxygen atoms in total. The number of fused-ring (bicyclic) bond motifs is 3. The zero-order valence-electron chi connectivity index (χ0n) is 15.3. The molecule has 2 aromatic carbocycles. The Hall–Kier alpha value is -3.02. The van der Waals surface area contributed by atoms with Crippen molar-refractivity contribution in [2.24, 2.45) is 5.41 Å². The summed E-state index contributed by atoms with van der Waals surface area (Å²) in [7, 11) is 1.54. The lowest BCUT2D eigenvalue weighted by Gasteiger charge is -2.17. The van der Waals surface area contributed by atoms with E-state index in [9.17, 15) is 9.59 Å². The predicted octanol–water partition coefficient (Wildman–Crippen LogP) is 3.70. The molecule has 1 aromatic heterocycles. The summed E-state index contributed by atoms with van der Waals surface area (Å²) in [5, 5.41) is 7.29. The Bertz CT molecular complexity index is 983. The van der Waals surface area contributed by atoms with Crippen molar-refractivity contribution in [3.05, 3.63) is 36.4 Å². The lowest BCUT2D eigenvalue weighted by atomic mass is 9.96. The minimum absolute atomic E-state index is 0.114. The largest absolute Gasteiger partial charge is 0.495 e. The van der Waals surface area contributed by atoms with Gasteiger partial charge in [-0.25, -0.2) is 0 Å². The Morgan fingerprint density at radius 3 is 2.50 bits per heavy atom. The second-order valence-electron chi connectivity index (χ2n) is 7.13. The molecule has 2 amide bonds. The van der Waals surface area contributed by atoms with Gasteiger partial charge in [-0.1, -0.05) is 39.0 Å². The molecule has 3 rings (SSSR count). The number of carbonyl (C=O) groups is 2. The summed E-state index contributed by atoms with van der Waals surface area (Å²) in [4.78, 5) is 24.1. The van der Waals surface area contributed by atoms with Gasteiger partial charge in [0.25, 0.3) is 0 Å². The molecule has 0 saturated heterocycles. The van der Waals surface area contributed by atoms with Crippen molar-refractivity contribution in [3.63, 3.8) is 0 Å². The summed E-state index contributed by atoms with van der Waals surface area (Å²) >= 11 is 0.